The number of carbonyl (C=O) groups excluding carboxylic acids is 2. The fourth-order valence-electron chi connectivity index (χ4n) is 2.21. The van der Waals surface area contributed by atoms with E-state index >= 15 is 0 Å². The Bertz CT molecular complexity index is 663. The maximum atomic E-state index is 11.7. The second-order valence-corrected chi connectivity index (χ2v) is 8.50. The van der Waals surface area contributed by atoms with Gasteiger partial charge in [0.2, 0.25) is 0 Å². The van der Waals surface area contributed by atoms with E-state index in [-0.39, 0.29) is 13.1 Å². The number of aliphatic hydroxyl groups is 2. The minimum atomic E-state index is -1.22. The van der Waals surface area contributed by atoms with Gasteiger partial charge in [-0.15, -0.1) is 0 Å². The molecule has 8 nitrogen and oxygen atoms in total. The lowest BCUT2D eigenvalue weighted by Gasteiger charge is -2.22. The van der Waals surface area contributed by atoms with E-state index in [1.54, 1.807) is 65.8 Å². The van der Waals surface area contributed by atoms with Crippen molar-refractivity contribution in [3.8, 4) is 0 Å². The van der Waals surface area contributed by atoms with E-state index in [1.165, 1.54) is 0 Å². The Hall–Kier alpha value is -2.32. The SMILES string of the molecule is CC(C)(C)OC(=O)NCc1cccc(C(O)C(O)CNC(=O)OC(C)(C)C)c1. The topological polar surface area (TPSA) is 117 Å². The largest absolute Gasteiger partial charge is 0.444 e. The molecule has 0 heterocycles. The van der Waals surface area contributed by atoms with Crippen LogP contribution in [0.15, 0.2) is 24.3 Å². The Kier molecular flexibility index (Phi) is 8.26. The molecule has 1 aromatic carbocycles. The van der Waals surface area contributed by atoms with Crippen LogP contribution in [0.1, 0.15) is 58.8 Å². The van der Waals surface area contributed by atoms with E-state index in [2.05, 4.69) is 10.6 Å². The third-order valence-electron chi connectivity index (χ3n) is 3.35. The van der Waals surface area contributed by atoms with Gasteiger partial charge in [0.15, 0.2) is 0 Å². The summed E-state index contributed by atoms with van der Waals surface area (Å²) in [4.78, 5) is 23.4. The fourth-order valence-corrected chi connectivity index (χ4v) is 2.21. The Labute approximate surface area is 166 Å². The van der Waals surface area contributed by atoms with Gasteiger partial charge in [0.25, 0.3) is 0 Å². The van der Waals surface area contributed by atoms with Crippen molar-refractivity contribution >= 4 is 12.2 Å². The molecule has 1 aromatic rings. The van der Waals surface area contributed by atoms with Gasteiger partial charge >= 0.3 is 12.2 Å². The van der Waals surface area contributed by atoms with Gasteiger partial charge in [-0.25, -0.2) is 9.59 Å². The van der Waals surface area contributed by atoms with Crippen LogP contribution in [0.25, 0.3) is 0 Å². The quantitative estimate of drug-likeness (QED) is 0.587. The molecule has 2 unspecified atom stereocenters. The van der Waals surface area contributed by atoms with Gasteiger partial charge in [-0.05, 0) is 52.7 Å². The summed E-state index contributed by atoms with van der Waals surface area (Å²) in [5.41, 5.74) is -0.0482. The molecule has 2 atom stereocenters. The van der Waals surface area contributed by atoms with E-state index in [0.717, 1.165) is 5.56 Å². The average Bonchev–Trinajstić information content (AvgIpc) is 2.54. The Morgan fingerprint density at radius 1 is 0.964 bits per heavy atom. The molecule has 0 aliphatic carbocycles. The molecule has 0 radical (unpaired) electrons. The smallest absolute Gasteiger partial charge is 0.407 e. The molecule has 0 saturated heterocycles. The predicted octanol–water partition coefficient (Wildman–Crippen LogP) is 2.63. The van der Waals surface area contributed by atoms with Crippen LogP contribution in [0.2, 0.25) is 0 Å². The average molecular weight is 396 g/mol. The normalized spacial score (nSPS) is 14.0. The third-order valence-corrected chi connectivity index (χ3v) is 3.35. The van der Waals surface area contributed by atoms with Gasteiger partial charge in [-0.2, -0.15) is 0 Å². The van der Waals surface area contributed by atoms with Crippen LogP contribution in [0, 0.1) is 0 Å². The molecule has 0 aliphatic rings. The minimum absolute atomic E-state index is 0.170. The third kappa shape index (κ3) is 9.57. The molecule has 158 valence electrons. The number of carbonyl (C=O) groups is 2. The fraction of sp³-hybridized carbons (Fsp3) is 0.600. The van der Waals surface area contributed by atoms with Gasteiger partial charge in [-0.1, -0.05) is 24.3 Å². The molecule has 8 heteroatoms. The van der Waals surface area contributed by atoms with Crippen molar-refractivity contribution in [3.63, 3.8) is 0 Å². The van der Waals surface area contributed by atoms with E-state index in [9.17, 15) is 19.8 Å². The first kappa shape index (κ1) is 23.7. The van der Waals surface area contributed by atoms with Crippen LogP contribution in [0.4, 0.5) is 9.59 Å². The van der Waals surface area contributed by atoms with E-state index in [0.29, 0.717) is 5.56 Å². The highest BCUT2D eigenvalue weighted by Crippen LogP contribution is 2.18. The van der Waals surface area contributed by atoms with Gasteiger partial charge in [0.05, 0.1) is 0 Å². The summed E-state index contributed by atoms with van der Waals surface area (Å²) in [6, 6.07) is 6.80. The number of benzene rings is 1. The van der Waals surface area contributed by atoms with Crippen LogP contribution in [-0.4, -0.2) is 46.3 Å². The Morgan fingerprint density at radius 3 is 2.04 bits per heavy atom. The van der Waals surface area contributed by atoms with Crippen molar-refractivity contribution in [2.75, 3.05) is 6.54 Å². The molecular weight excluding hydrogens is 364 g/mol. The zero-order valence-corrected chi connectivity index (χ0v) is 17.4. The van der Waals surface area contributed by atoms with Crippen molar-refractivity contribution in [1.82, 2.24) is 10.6 Å². The van der Waals surface area contributed by atoms with Gasteiger partial charge in [-0.3, -0.25) is 0 Å². The number of rotatable bonds is 6. The van der Waals surface area contributed by atoms with E-state index in [1.807, 2.05) is 0 Å². The van der Waals surface area contributed by atoms with Crippen molar-refractivity contribution < 1.29 is 29.3 Å². The highest BCUT2D eigenvalue weighted by Gasteiger charge is 2.22. The summed E-state index contributed by atoms with van der Waals surface area (Å²) < 4.78 is 10.3. The van der Waals surface area contributed by atoms with Crippen LogP contribution in [-0.2, 0) is 16.0 Å². The number of hydrogen-bond donors (Lipinski definition) is 4. The van der Waals surface area contributed by atoms with Crippen LogP contribution in [0.5, 0.6) is 0 Å². The van der Waals surface area contributed by atoms with Crippen LogP contribution >= 0.6 is 0 Å². The lowest BCUT2D eigenvalue weighted by molar-refractivity contribution is 0.0129. The second kappa shape index (κ2) is 9.75. The van der Waals surface area contributed by atoms with Crippen LogP contribution < -0.4 is 10.6 Å². The molecule has 2 amide bonds. The maximum Gasteiger partial charge on any atom is 0.407 e. The first-order valence-electron chi connectivity index (χ1n) is 9.15. The number of alkyl carbamates (subject to hydrolysis) is 2. The van der Waals surface area contributed by atoms with E-state index < -0.39 is 35.6 Å². The minimum Gasteiger partial charge on any atom is -0.444 e. The van der Waals surface area contributed by atoms with Crippen molar-refractivity contribution in [2.45, 2.75) is 71.5 Å². The van der Waals surface area contributed by atoms with E-state index in [4.69, 9.17) is 9.47 Å². The highest BCUT2D eigenvalue weighted by atomic mass is 16.6. The lowest BCUT2D eigenvalue weighted by atomic mass is 10.0. The number of aliphatic hydroxyl groups excluding tert-OH is 2. The molecular formula is C20H32N2O6. The molecule has 4 N–H and O–H groups in total. The lowest BCUT2D eigenvalue weighted by Crippen LogP contribution is -2.38. The zero-order chi connectivity index (χ0) is 21.5. The summed E-state index contributed by atoms with van der Waals surface area (Å²) in [6.45, 7) is 10.6. The summed E-state index contributed by atoms with van der Waals surface area (Å²) in [6.07, 6.45) is -3.65. The first-order valence-corrected chi connectivity index (χ1v) is 9.15. The molecule has 0 bridgehead atoms. The zero-order valence-electron chi connectivity index (χ0n) is 17.4. The number of ether oxygens (including phenoxy) is 2. The van der Waals surface area contributed by atoms with Gasteiger partial charge in [0.1, 0.15) is 23.4 Å². The molecule has 0 fully saturated rings. The summed E-state index contributed by atoms with van der Waals surface area (Å²) in [5.74, 6) is 0. The molecule has 1 rings (SSSR count). The predicted molar refractivity (Wildman–Crippen MR) is 105 cm³/mol. The molecule has 0 spiro atoms. The monoisotopic (exact) mass is 396 g/mol. The van der Waals surface area contributed by atoms with Crippen molar-refractivity contribution in [1.29, 1.82) is 0 Å². The molecule has 0 aliphatic heterocycles. The number of amides is 2. The number of nitrogens with one attached hydrogen (secondary N) is 2. The van der Waals surface area contributed by atoms with Crippen LogP contribution in [0.3, 0.4) is 0 Å². The van der Waals surface area contributed by atoms with Crippen molar-refractivity contribution in [3.05, 3.63) is 35.4 Å². The van der Waals surface area contributed by atoms with Gasteiger partial charge < -0.3 is 30.3 Å². The maximum absolute atomic E-state index is 11.7. The Morgan fingerprint density at radius 2 is 1.50 bits per heavy atom. The molecule has 0 saturated carbocycles. The molecule has 28 heavy (non-hydrogen) atoms. The highest BCUT2D eigenvalue weighted by molar-refractivity contribution is 5.68. The van der Waals surface area contributed by atoms with Gasteiger partial charge in [0, 0.05) is 13.1 Å². The Balaban J connectivity index is 2.59. The second-order valence-electron chi connectivity index (χ2n) is 8.50. The number of hydrogen-bond acceptors (Lipinski definition) is 6. The summed E-state index contributed by atoms with van der Waals surface area (Å²) in [7, 11) is 0. The summed E-state index contributed by atoms with van der Waals surface area (Å²) in [5, 5.41) is 25.5. The van der Waals surface area contributed by atoms with Crippen molar-refractivity contribution in [2.24, 2.45) is 0 Å². The standard InChI is InChI=1S/C20H32N2O6/c1-19(2,3)27-17(25)21-11-13-8-7-9-14(10-13)16(24)15(23)12-22-18(26)28-20(4,5)6/h7-10,15-16,23-24H,11-12H2,1-6H3,(H,21,25)(H,22,26). The first-order chi connectivity index (χ1) is 12.8. The summed E-state index contributed by atoms with van der Waals surface area (Å²) >= 11 is 0. The molecule has 0 aromatic heterocycles.